The predicted molar refractivity (Wildman–Crippen MR) is 112 cm³/mol. The molecule has 2 N–H and O–H groups in total. The summed E-state index contributed by atoms with van der Waals surface area (Å²) in [6, 6.07) is 21.9. The summed E-state index contributed by atoms with van der Waals surface area (Å²) in [5, 5.41) is 5.71. The zero-order chi connectivity index (χ0) is 19.2. The van der Waals surface area contributed by atoms with Gasteiger partial charge in [0.05, 0.1) is 11.3 Å². The van der Waals surface area contributed by atoms with E-state index in [-0.39, 0.29) is 11.8 Å². The average Bonchev–Trinajstić information content (AvgIpc) is 2.68. The number of para-hydroxylation sites is 1. The van der Waals surface area contributed by atoms with Gasteiger partial charge in [-0.15, -0.1) is 11.8 Å². The Balaban J connectivity index is 1.78. The number of aryl methyl sites for hydroxylation is 1. The standard InChI is InChI=1S/C22H20N2O2S/c1-15-6-5-7-17(14-15)23-22(26)19-8-3-4-9-20(19)24-21(25)16-10-12-18(27-2)13-11-16/h3-14H,1-2H3,(H,23,26)(H,24,25). The van der Waals surface area contributed by atoms with Gasteiger partial charge in [0.2, 0.25) is 0 Å². The van der Waals surface area contributed by atoms with E-state index in [1.54, 1.807) is 48.2 Å². The Bertz CT molecular complexity index is 968. The van der Waals surface area contributed by atoms with Crippen molar-refractivity contribution in [3.63, 3.8) is 0 Å². The third kappa shape index (κ3) is 4.77. The van der Waals surface area contributed by atoms with E-state index in [1.807, 2.05) is 49.6 Å². The van der Waals surface area contributed by atoms with Crippen LogP contribution in [0.15, 0.2) is 77.7 Å². The molecule has 5 heteroatoms. The fraction of sp³-hybridized carbons (Fsp3) is 0.0909. The maximum atomic E-state index is 12.7. The maximum Gasteiger partial charge on any atom is 0.257 e. The number of amides is 2. The van der Waals surface area contributed by atoms with Crippen molar-refractivity contribution in [2.45, 2.75) is 11.8 Å². The summed E-state index contributed by atoms with van der Waals surface area (Å²) < 4.78 is 0. The summed E-state index contributed by atoms with van der Waals surface area (Å²) in [4.78, 5) is 26.3. The van der Waals surface area contributed by atoms with Gasteiger partial charge in [-0.1, -0.05) is 24.3 Å². The second kappa shape index (κ2) is 8.56. The lowest BCUT2D eigenvalue weighted by atomic mass is 10.1. The molecule has 0 spiro atoms. The van der Waals surface area contributed by atoms with Crippen LogP contribution < -0.4 is 10.6 Å². The summed E-state index contributed by atoms with van der Waals surface area (Å²) in [7, 11) is 0. The molecule has 0 radical (unpaired) electrons. The molecule has 0 saturated carbocycles. The third-order valence-electron chi connectivity index (χ3n) is 4.05. The Labute approximate surface area is 163 Å². The van der Waals surface area contributed by atoms with Crippen molar-refractivity contribution in [3.8, 4) is 0 Å². The van der Waals surface area contributed by atoms with Crippen molar-refractivity contribution < 1.29 is 9.59 Å². The van der Waals surface area contributed by atoms with Crippen LogP contribution in [0.2, 0.25) is 0 Å². The summed E-state index contributed by atoms with van der Waals surface area (Å²) >= 11 is 1.62. The molecule has 0 saturated heterocycles. The molecule has 3 rings (SSSR count). The highest BCUT2D eigenvalue weighted by molar-refractivity contribution is 7.98. The lowest BCUT2D eigenvalue weighted by Crippen LogP contribution is -2.18. The molecule has 0 aromatic heterocycles. The fourth-order valence-corrected chi connectivity index (χ4v) is 3.06. The highest BCUT2D eigenvalue weighted by Gasteiger charge is 2.14. The summed E-state index contributed by atoms with van der Waals surface area (Å²) in [6.07, 6.45) is 1.98. The summed E-state index contributed by atoms with van der Waals surface area (Å²) in [5.74, 6) is -0.521. The van der Waals surface area contributed by atoms with Gasteiger partial charge in [-0.2, -0.15) is 0 Å². The van der Waals surface area contributed by atoms with Gasteiger partial charge in [-0.3, -0.25) is 9.59 Å². The number of carbonyl (C=O) groups is 2. The van der Waals surface area contributed by atoms with Crippen LogP contribution >= 0.6 is 11.8 Å². The highest BCUT2D eigenvalue weighted by Crippen LogP contribution is 2.20. The van der Waals surface area contributed by atoms with Gasteiger partial charge in [0.25, 0.3) is 11.8 Å². The minimum absolute atomic E-state index is 0.251. The van der Waals surface area contributed by atoms with E-state index in [4.69, 9.17) is 0 Å². The molecule has 0 aliphatic carbocycles. The molecule has 3 aromatic carbocycles. The van der Waals surface area contributed by atoms with Crippen LogP contribution in [0.5, 0.6) is 0 Å². The number of anilines is 2. The average molecular weight is 376 g/mol. The zero-order valence-electron chi connectivity index (χ0n) is 15.2. The molecular weight excluding hydrogens is 356 g/mol. The van der Waals surface area contributed by atoms with Crippen LogP contribution in [-0.4, -0.2) is 18.1 Å². The lowest BCUT2D eigenvalue weighted by molar-refractivity contribution is 0.102. The van der Waals surface area contributed by atoms with E-state index in [2.05, 4.69) is 10.6 Å². The van der Waals surface area contributed by atoms with Gasteiger partial charge in [-0.05, 0) is 67.3 Å². The van der Waals surface area contributed by atoms with Crippen molar-refractivity contribution in [2.24, 2.45) is 0 Å². The first-order valence-electron chi connectivity index (χ1n) is 8.49. The fourth-order valence-electron chi connectivity index (χ4n) is 2.65. The van der Waals surface area contributed by atoms with Gasteiger partial charge in [0.15, 0.2) is 0 Å². The minimum atomic E-state index is -0.269. The molecule has 2 amide bonds. The third-order valence-corrected chi connectivity index (χ3v) is 4.79. The van der Waals surface area contributed by atoms with E-state index in [1.165, 1.54) is 0 Å². The molecule has 0 bridgehead atoms. The Hall–Kier alpha value is -3.05. The predicted octanol–water partition coefficient (Wildman–Crippen LogP) is 5.22. The number of hydrogen-bond acceptors (Lipinski definition) is 3. The normalized spacial score (nSPS) is 10.3. The van der Waals surface area contributed by atoms with Gasteiger partial charge < -0.3 is 10.6 Å². The van der Waals surface area contributed by atoms with Gasteiger partial charge in [-0.25, -0.2) is 0 Å². The number of benzene rings is 3. The molecule has 27 heavy (non-hydrogen) atoms. The van der Waals surface area contributed by atoms with E-state index >= 15 is 0 Å². The largest absolute Gasteiger partial charge is 0.322 e. The minimum Gasteiger partial charge on any atom is -0.322 e. The Morgan fingerprint density at radius 2 is 1.56 bits per heavy atom. The molecule has 0 atom stereocenters. The first-order chi connectivity index (χ1) is 13.1. The molecule has 0 aliphatic heterocycles. The van der Waals surface area contributed by atoms with Crippen LogP contribution in [-0.2, 0) is 0 Å². The number of rotatable bonds is 5. The van der Waals surface area contributed by atoms with Crippen molar-refractivity contribution in [2.75, 3.05) is 16.9 Å². The molecule has 0 aliphatic rings. The number of nitrogens with one attached hydrogen (secondary N) is 2. The van der Waals surface area contributed by atoms with E-state index in [9.17, 15) is 9.59 Å². The van der Waals surface area contributed by atoms with Crippen LogP contribution in [0, 0.1) is 6.92 Å². The maximum absolute atomic E-state index is 12.7. The molecule has 0 unspecified atom stereocenters. The van der Waals surface area contributed by atoms with E-state index in [0.717, 1.165) is 10.5 Å². The second-order valence-electron chi connectivity index (χ2n) is 6.05. The SMILES string of the molecule is CSc1ccc(C(=O)Nc2ccccc2C(=O)Nc2cccc(C)c2)cc1. The van der Waals surface area contributed by atoms with Crippen molar-refractivity contribution in [1.82, 2.24) is 0 Å². The molecule has 4 nitrogen and oxygen atoms in total. The van der Waals surface area contributed by atoms with E-state index in [0.29, 0.717) is 22.5 Å². The number of carbonyl (C=O) groups excluding carboxylic acids is 2. The van der Waals surface area contributed by atoms with Crippen molar-refractivity contribution in [3.05, 3.63) is 89.5 Å². The zero-order valence-corrected chi connectivity index (χ0v) is 16.0. The molecule has 3 aromatic rings. The smallest absolute Gasteiger partial charge is 0.257 e. The Morgan fingerprint density at radius 1 is 0.815 bits per heavy atom. The summed E-state index contributed by atoms with van der Waals surface area (Å²) in [5.41, 5.74) is 3.20. The van der Waals surface area contributed by atoms with Gasteiger partial charge >= 0.3 is 0 Å². The molecular formula is C22H20N2O2S. The Morgan fingerprint density at radius 3 is 2.26 bits per heavy atom. The number of hydrogen-bond donors (Lipinski definition) is 2. The van der Waals surface area contributed by atoms with Gasteiger partial charge in [0, 0.05) is 16.1 Å². The first-order valence-corrected chi connectivity index (χ1v) is 9.72. The number of thioether (sulfide) groups is 1. The van der Waals surface area contributed by atoms with Crippen molar-refractivity contribution >= 4 is 35.0 Å². The lowest BCUT2D eigenvalue weighted by Gasteiger charge is -2.12. The molecule has 0 heterocycles. The van der Waals surface area contributed by atoms with Crippen LogP contribution in [0.25, 0.3) is 0 Å². The monoisotopic (exact) mass is 376 g/mol. The topological polar surface area (TPSA) is 58.2 Å². The highest BCUT2D eigenvalue weighted by atomic mass is 32.2. The van der Waals surface area contributed by atoms with Gasteiger partial charge in [0.1, 0.15) is 0 Å². The molecule has 136 valence electrons. The quantitative estimate of drug-likeness (QED) is 0.600. The second-order valence-corrected chi connectivity index (χ2v) is 6.93. The van der Waals surface area contributed by atoms with Crippen molar-refractivity contribution in [1.29, 1.82) is 0 Å². The summed E-state index contributed by atoms with van der Waals surface area (Å²) in [6.45, 7) is 1.96. The van der Waals surface area contributed by atoms with Crippen LogP contribution in [0.3, 0.4) is 0 Å². The first kappa shape index (κ1) is 18.7. The Kier molecular flexibility index (Phi) is 5.94. The van der Waals surface area contributed by atoms with Crippen LogP contribution in [0.4, 0.5) is 11.4 Å². The molecule has 0 fully saturated rings. The van der Waals surface area contributed by atoms with Crippen LogP contribution in [0.1, 0.15) is 26.3 Å². The van der Waals surface area contributed by atoms with E-state index < -0.39 is 0 Å².